The monoisotopic (exact) mass is 311 g/mol. The van der Waals surface area contributed by atoms with Crippen molar-refractivity contribution >= 4 is 40.4 Å². The Balaban J connectivity index is 2.22. The summed E-state index contributed by atoms with van der Waals surface area (Å²) in [6.07, 6.45) is 0. The molecule has 2 nitrogen and oxygen atoms in total. The minimum Gasteiger partial charge on any atom is -0.488 e. The van der Waals surface area contributed by atoms with Gasteiger partial charge >= 0.3 is 0 Å². The Bertz CT molecular complexity index is 596. The maximum Gasteiger partial charge on any atom is 0.129 e. The van der Waals surface area contributed by atoms with Gasteiger partial charge in [-0.05, 0) is 24.3 Å². The molecule has 0 amide bonds. The lowest BCUT2D eigenvalue weighted by atomic mass is 10.2. The van der Waals surface area contributed by atoms with Crippen LogP contribution in [-0.2, 0) is 6.61 Å². The number of ether oxygens (including phenoxy) is 1. The van der Waals surface area contributed by atoms with E-state index in [1.165, 1.54) is 0 Å². The highest BCUT2D eigenvalue weighted by molar-refractivity contribution is 7.80. The van der Waals surface area contributed by atoms with Crippen molar-refractivity contribution in [2.75, 3.05) is 0 Å². The van der Waals surface area contributed by atoms with E-state index in [0.717, 1.165) is 5.56 Å². The van der Waals surface area contributed by atoms with Crippen LogP contribution in [0.5, 0.6) is 5.75 Å². The molecule has 2 rings (SSSR count). The molecule has 0 spiro atoms. The highest BCUT2D eigenvalue weighted by Crippen LogP contribution is 2.26. The van der Waals surface area contributed by atoms with E-state index in [0.29, 0.717) is 26.3 Å². The van der Waals surface area contributed by atoms with Crippen LogP contribution in [-0.4, -0.2) is 4.99 Å². The molecule has 0 aliphatic carbocycles. The summed E-state index contributed by atoms with van der Waals surface area (Å²) in [5.74, 6) is 0.617. The van der Waals surface area contributed by atoms with E-state index in [1.807, 2.05) is 18.2 Å². The summed E-state index contributed by atoms with van der Waals surface area (Å²) >= 11 is 17.1. The van der Waals surface area contributed by atoms with Crippen molar-refractivity contribution in [1.82, 2.24) is 0 Å². The molecule has 0 atom stereocenters. The van der Waals surface area contributed by atoms with E-state index in [9.17, 15) is 0 Å². The van der Waals surface area contributed by atoms with Gasteiger partial charge in [0.15, 0.2) is 0 Å². The standard InChI is InChI=1S/C14H11Cl2NOS/c15-11-5-3-6-12(16)10(11)8-18-13-7-2-1-4-9(13)14(17)19/h1-7H,8H2,(H2,17,19). The highest BCUT2D eigenvalue weighted by atomic mass is 35.5. The van der Waals surface area contributed by atoms with Crippen LogP contribution in [0, 0.1) is 0 Å². The van der Waals surface area contributed by atoms with Gasteiger partial charge in [0.1, 0.15) is 17.3 Å². The van der Waals surface area contributed by atoms with Gasteiger partial charge in [-0.3, -0.25) is 0 Å². The Morgan fingerprint density at radius 2 is 1.68 bits per heavy atom. The number of rotatable bonds is 4. The van der Waals surface area contributed by atoms with Gasteiger partial charge in [0.2, 0.25) is 0 Å². The van der Waals surface area contributed by atoms with Crippen LogP contribution in [0.3, 0.4) is 0 Å². The Kier molecular flexibility index (Phi) is 4.64. The molecule has 0 saturated heterocycles. The fraction of sp³-hybridized carbons (Fsp3) is 0.0714. The molecule has 19 heavy (non-hydrogen) atoms. The maximum absolute atomic E-state index is 6.08. The van der Waals surface area contributed by atoms with E-state index in [2.05, 4.69) is 0 Å². The lowest BCUT2D eigenvalue weighted by Crippen LogP contribution is -2.11. The quantitative estimate of drug-likeness (QED) is 0.859. The van der Waals surface area contributed by atoms with Crippen molar-refractivity contribution in [3.05, 3.63) is 63.6 Å². The molecule has 2 aromatic carbocycles. The zero-order valence-corrected chi connectivity index (χ0v) is 12.2. The number of nitrogens with two attached hydrogens (primary N) is 1. The Hall–Kier alpha value is -1.29. The van der Waals surface area contributed by atoms with Crippen LogP contribution >= 0.6 is 35.4 Å². The first kappa shape index (κ1) is 14.1. The number of benzene rings is 2. The molecule has 0 unspecified atom stereocenters. The average Bonchev–Trinajstić information content (AvgIpc) is 2.38. The summed E-state index contributed by atoms with van der Waals surface area (Å²) in [5.41, 5.74) is 7.08. The van der Waals surface area contributed by atoms with Gasteiger partial charge in [0.25, 0.3) is 0 Å². The van der Waals surface area contributed by atoms with Crippen LogP contribution < -0.4 is 10.5 Å². The van der Waals surface area contributed by atoms with Gasteiger partial charge in [-0.15, -0.1) is 0 Å². The lowest BCUT2D eigenvalue weighted by molar-refractivity contribution is 0.306. The number of hydrogen-bond donors (Lipinski definition) is 1. The largest absolute Gasteiger partial charge is 0.488 e. The van der Waals surface area contributed by atoms with Gasteiger partial charge in [0, 0.05) is 15.6 Å². The van der Waals surface area contributed by atoms with E-state index >= 15 is 0 Å². The first-order chi connectivity index (χ1) is 9.09. The third-order valence-corrected chi connectivity index (χ3v) is 3.51. The molecule has 2 N–H and O–H groups in total. The zero-order valence-electron chi connectivity index (χ0n) is 9.90. The molecule has 0 bridgehead atoms. The number of hydrogen-bond acceptors (Lipinski definition) is 2. The van der Waals surface area contributed by atoms with Crippen molar-refractivity contribution in [2.24, 2.45) is 5.73 Å². The SMILES string of the molecule is NC(=S)c1ccccc1OCc1c(Cl)cccc1Cl. The molecule has 0 aliphatic rings. The lowest BCUT2D eigenvalue weighted by Gasteiger charge is -2.12. The first-order valence-electron chi connectivity index (χ1n) is 5.54. The van der Waals surface area contributed by atoms with Gasteiger partial charge in [-0.2, -0.15) is 0 Å². The summed E-state index contributed by atoms with van der Waals surface area (Å²) in [5, 5.41) is 1.14. The molecule has 5 heteroatoms. The van der Waals surface area contributed by atoms with Crippen LogP contribution in [0.4, 0.5) is 0 Å². The minimum absolute atomic E-state index is 0.262. The molecule has 0 saturated carbocycles. The molecule has 0 fully saturated rings. The molecule has 0 radical (unpaired) electrons. The second kappa shape index (κ2) is 6.24. The Morgan fingerprint density at radius 1 is 1.05 bits per heavy atom. The fourth-order valence-electron chi connectivity index (χ4n) is 1.62. The third-order valence-electron chi connectivity index (χ3n) is 2.59. The number of thiocarbonyl (C=S) groups is 1. The molecule has 2 aromatic rings. The third kappa shape index (κ3) is 3.38. The van der Waals surface area contributed by atoms with E-state index in [4.69, 9.17) is 45.9 Å². The second-order valence-corrected chi connectivity index (χ2v) is 5.10. The van der Waals surface area contributed by atoms with Crippen LogP contribution in [0.15, 0.2) is 42.5 Å². The Morgan fingerprint density at radius 3 is 2.32 bits per heavy atom. The molecule has 0 aromatic heterocycles. The summed E-state index contributed by atoms with van der Waals surface area (Å²) in [7, 11) is 0. The predicted molar refractivity (Wildman–Crippen MR) is 83.1 cm³/mol. The molecule has 0 heterocycles. The van der Waals surface area contributed by atoms with Crippen molar-refractivity contribution in [1.29, 1.82) is 0 Å². The molecule has 0 aliphatic heterocycles. The van der Waals surface area contributed by atoms with Crippen molar-refractivity contribution in [3.8, 4) is 5.75 Å². The minimum atomic E-state index is 0.262. The van der Waals surface area contributed by atoms with Crippen molar-refractivity contribution in [2.45, 2.75) is 6.61 Å². The fourth-order valence-corrected chi connectivity index (χ4v) is 2.29. The first-order valence-corrected chi connectivity index (χ1v) is 6.70. The normalized spacial score (nSPS) is 10.2. The van der Waals surface area contributed by atoms with E-state index in [-0.39, 0.29) is 6.61 Å². The topological polar surface area (TPSA) is 35.2 Å². The smallest absolute Gasteiger partial charge is 0.129 e. The van der Waals surface area contributed by atoms with Crippen molar-refractivity contribution < 1.29 is 4.74 Å². The van der Waals surface area contributed by atoms with Crippen LogP contribution in [0.2, 0.25) is 10.0 Å². The maximum atomic E-state index is 6.08. The molecular formula is C14H11Cl2NOS. The summed E-state index contributed by atoms with van der Waals surface area (Å²) in [4.78, 5) is 0.292. The van der Waals surface area contributed by atoms with Gasteiger partial charge in [-0.1, -0.05) is 53.6 Å². The highest BCUT2D eigenvalue weighted by Gasteiger charge is 2.09. The van der Waals surface area contributed by atoms with Gasteiger partial charge in [0.05, 0.1) is 5.56 Å². The van der Waals surface area contributed by atoms with E-state index in [1.54, 1.807) is 24.3 Å². The number of para-hydroxylation sites is 1. The predicted octanol–water partition coefficient (Wildman–Crippen LogP) is 4.21. The molecule has 98 valence electrons. The molecular weight excluding hydrogens is 301 g/mol. The van der Waals surface area contributed by atoms with Crippen LogP contribution in [0.1, 0.15) is 11.1 Å². The van der Waals surface area contributed by atoms with Crippen LogP contribution in [0.25, 0.3) is 0 Å². The average molecular weight is 312 g/mol. The van der Waals surface area contributed by atoms with E-state index < -0.39 is 0 Å². The summed E-state index contributed by atoms with van der Waals surface area (Å²) in [6.45, 7) is 0.262. The number of halogens is 2. The summed E-state index contributed by atoms with van der Waals surface area (Å²) < 4.78 is 5.71. The van der Waals surface area contributed by atoms with Gasteiger partial charge < -0.3 is 10.5 Å². The summed E-state index contributed by atoms with van der Waals surface area (Å²) in [6, 6.07) is 12.6. The van der Waals surface area contributed by atoms with Crippen molar-refractivity contribution in [3.63, 3.8) is 0 Å². The zero-order chi connectivity index (χ0) is 13.8. The Labute approximate surface area is 127 Å². The second-order valence-electron chi connectivity index (χ2n) is 3.85. The van der Waals surface area contributed by atoms with Gasteiger partial charge in [-0.25, -0.2) is 0 Å².